The van der Waals surface area contributed by atoms with Crippen LogP contribution in [0.3, 0.4) is 0 Å². The van der Waals surface area contributed by atoms with Gasteiger partial charge in [-0.2, -0.15) is 22.0 Å². The molecule has 1 aromatic carbocycles. The van der Waals surface area contributed by atoms with Crippen LogP contribution in [0.4, 0.5) is 22.0 Å². The number of rotatable bonds is 2. The Bertz CT molecular complexity index is 393. The maximum atomic E-state index is 12.5. The van der Waals surface area contributed by atoms with Gasteiger partial charge < -0.3 is 4.74 Å². The van der Waals surface area contributed by atoms with E-state index in [1.807, 2.05) is 0 Å². The molecule has 8 heteroatoms. The fourth-order valence-corrected chi connectivity index (χ4v) is 2.05. The van der Waals surface area contributed by atoms with Crippen molar-refractivity contribution in [3.05, 3.63) is 26.3 Å². The third-order valence-electron chi connectivity index (χ3n) is 1.52. The van der Waals surface area contributed by atoms with Gasteiger partial charge in [0.25, 0.3) is 0 Å². The van der Waals surface area contributed by atoms with Crippen LogP contribution in [-0.2, 0) is 6.18 Å². The molecule has 1 nitrogen and oxygen atoms in total. The van der Waals surface area contributed by atoms with Crippen LogP contribution < -0.4 is 4.74 Å². The molecule has 0 N–H and O–H groups in total. The summed E-state index contributed by atoms with van der Waals surface area (Å²) < 4.78 is 65.2. The summed E-state index contributed by atoms with van der Waals surface area (Å²) in [5.41, 5.74) is -1.32. The lowest BCUT2D eigenvalue weighted by atomic mass is 10.2. The second-order valence-corrected chi connectivity index (χ2v) is 4.29. The minimum atomic E-state index is -4.80. The Morgan fingerprint density at radius 2 is 1.81 bits per heavy atom. The molecule has 1 aromatic rings. The zero-order valence-electron chi connectivity index (χ0n) is 7.29. The third kappa shape index (κ3) is 3.34. The minimum Gasteiger partial charge on any atom is -0.433 e. The van der Waals surface area contributed by atoms with Crippen molar-refractivity contribution >= 4 is 34.2 Å². The Hall–Kier alpha value is -0.310. The Morgan fingerprint density at radius 3 is 2.25 bits per heavy atom. The van der Waals surface area contributed by atoms with E-state index in [1.54, 1.807) is 22.6 Å². The monoisotopic (exact) mass is 372 g/mol. The van der Waals surface area contributed by atoms with E-state index >= 15 is 0 Å². The van der Waals surface area contributed by atoms with E-state index in [2.05, 4.69) is 4.74 Å². The predicted octanol–water partition coefficient (Wildman–Crippen LogP) is 4.56. The van der Waals surface area contributed by atoms with Crippen LogP contribution in [0.2, 0.25) is 5.02 Å². The molecule has 0 aliphatic carbocycles. The van der Waals surface area contributed by atoms with Gasteiger partial charge >= 0.3 is 12.8 Å². The topological polar surface area (TPSA) is 9.23 Å². The lowest BCUT2D eigenvalue weighted by molar-refractivity contribution is -0.141. The van der Waals surface area contributed by atoms with E-state index in [0.29, 0.717) is 6.07 Å². The van der Waals surface area contributed by atoms with Crippen LogP contribution in [0.25, 0.3) is 0 Å². The van der Waals surface area contributed by atoms with Gasteiger partial charge in [-0.3, -0.25) is 0 Å². The minimum absolute atomic E-state index is 0.177. The van der Waals surface area contributed by atoms with Crippen LogP contribution in [0.5, 0.6) is 5.75 Å². The van der Waals surface area contributed by atoms with Crippen LogP contribution in [0.15, 0.2) is 12.1 Å². The molecule has 0 radical (unpaired) electrons. The molecule has 16 heavy (non-hydrogen) atoms. The molecule has 0 amide bonds. The lowest BCUT2D eigenvalue weighted by Gasteiger charge is -2.15. The zero-order valence-corrected chi connectivity index (χ0v) is 10.2. The van der Waals surface area contributed by atoms with Gasteiger partial charge in [-0.25, -0.2) is 0 Å². The van der Waals surface area contributed by atoms with Gasteiger partial charge in [0.2, 0.25) is 0 Å². The summed E-state index contributed by atoms with van der Waals surface area (Å²) in [5.74, 6) is -1.05. The maximum absolute atomic E-state index is 12.5. The fourth-order valence-electron chi connectivity index (χ4n) is 0.980. The molecule has 0 aromatic heterocycles. The molecule has 1 rings (SSSR count). The molecular formula is C8H3ClF5IO. The summed E-state index contributed by atoms with van der Waals surface area (Å²) in [6, 6.07) is 1.79. The summed E-state index contributed by atoms with van der Waals surface area (Å²) in [4.78, 5) is 0. The highest BCUT2D eigenvalue weighted by Crippen LogP contribution is 2.41. The van der Waals surface area contributed by atoms with Crippen molar-refractivity contribution in [3.8, 4) is 5.75 Å². The summed E-state index contributed by atoms with van der Waals surface area (Å²) >= 11 is 7.02. The standard InChI is InChI=1S/C8H3ClF5IO/c9-5-2-3(15)1-4(8(12,13)14)6(5)16-7(10)11/h1-2,7H. The van der Waals surface area contributed by atoms with Crippen molar-refractivity contribution in [2.75, 3.05) is 0 Å². The second-order valence-electron chi connectivity index (χ2n) is 2.64. The average Bonchev–Trinajstić information content (AvgIpc) is 2.06. The summed E-state index contributed by atoms with van der Waals surface area (Å²) in [5, 5.41) is -0.500. The van der Waals surface area contributed by atoms with Gasteiger partial charge in [-0.15, -0.1) is 0 Å². The summed E-state index contributed by atoms with van der Waals surface area (Å²) in [6.45, 7) is -3.36. The van der Waals surface area contributed by atoms with E-state index in [9.17, 15) is 22.0 Å². The van der Waals surface area contributed by atoms with Crippen molar-refractivity contribution in [1.82, 2.24) is 0 Å². The molecule has 0 spiro atoms. The first-order valence-corrected chi connectivity index (χ1v) is 5.18. The van der Waals surface area contributed by atoms with Crippen molar-refractivity contribution in [2.24, 2.45) is 0 Å². The van der Waals surface area contributed by atoms with Gasteiger partial charge in [0.05, 0.1) is 5.02 Å². The Balaban J connectivity index is 3.33. The number of hydrogen-bond acceptors (Lipinski definition) is 1. The molecule has 0 bridgehead atoms. The van der Waals surface area contributed by atoms with E-state index in [0.717, 1.165) is 6.07 Å². The zero-order chi connectivity index (χ0) is 12.5. The highest BCUT2D eigenvalue weighted by Gasteiger charge is 2.36. The van der Waals surface area contributed by atoms with Crippen molar-refractivity contribution in [3.63, 3.8) is 0 Å². The predicted molar refractivity (Wildman–Crippen MR) is 55.8 cm³/mol. The van der Waals surface area contributed by atoms with E-state index in [-0.39, 0.29) is 3.57 Å². The normalized spacial score (nSPS) is 12.0. The molecule has 0 atom stereocenters. The van der Waals surface area contributed by atoms with E-state index < -0.39 is 29.1 Å². The summed E-state index contributed by atoms with van der Waals surface area (Å²) in [6.07, 6.45) is -4.80. The summed E-state index contributed by atoms with van der Waals surface area (Å²) in [7, 11) is 0. The van der Waals surface area contributed by atoms with Crippen molar-refractivity contribution in [1.29, 1.82) is 0 Å². The molecule has 0 fully saturated rings. The van der Waals surface area contributed by atoms with Crippen LogP contribution in [0, 0.1) is 3.57 Å². The SMILES string of the molecule is FC(F)Oc1c(Cl)cc(I)cc1C(F)(F)F. The van der Waals surface area contributed by atoms with Gasteiger partial charge in [0.15, 0.2) is 5.75 Å². The number of alkyl halides is 5. The average molecular weight is 372 g/mol. The van der Waals surface area contributed by atoms with Crippen LogP contribution >= 0.6 is 34.2 Å². The molecular weight excluding hydrogens is 369 g/mol. The molecule has 0 saturated heterocycles. The third-order valence-corrected chi connectivity index (χ3v) is 2.42. The first-order chi connectivity index (χ1) is 7.21. The molecule has 90 valence electrons. The van der Waals surface area contributed by atoms with E-state index in [1.165, 1.54) is 0 Å². The molecule has 0 aliphatic rings. The molecule has 0 aliphatic heterocycles. The Labute approximate surface area is 106 Å². The van der Waals surface area contributed by atoms with Gasteiger partial charge in [0, 0.05) is 3.57 Å². The highest BCUT2D eigenvalue weighted by atomic mass is 127. The number of ether oxygens (including phenoxy) is 1. The quantitative estimate of drug-likeness (QED) is 0.546. The van der Waals surface area contributed by atoms with Gasteiger partial charge in [0.1, 0.15) is 5.56 Å². The number of halogens is 7. The second kappa shape index (κ2) is 4.91. The molecule has 0 heterocycles. The largest absolute Gasteiger partial charge is 0.433 e. The lowest BCUT2D eigenvalue weighted by Crippen LogP contribution is -2.12. The van der Waals surface area contributed by atoms with Crippen molar-refractivity contribution in [2.45, 2.75) is 12.8 Å². The number of benzene rings is 1. The van der Waals surface area contributed by atoms with Crippen LogP contribution in [-0.4, -0.2) is 6.61 Å². The van der Waals surface area contributed by atoms with Gasteiger partial charge in [-0.1, -0.05) is 11.6 Å². The first kappa shape index (κ1) is 13.8. The van der Waals surface area contributed by atoms with Crippen molar-refractivity contribution < 1.29 is 26.7 Å². The van der Waals surface area contributed by atoms with Crippen LogP contribution in [0.1, 0.15) is 5.56 Å². The highest BCUT2D eigenvalue weighted by molar-refractivity contribution is 14.1. The van der Waals surface area contributed by atoms with E-state index in [4.69, 9.17) is 11.6 Å². The Kier molecular flexibility index (Phi) is 4.22. The number of hydrogen-bond donors (Lipinski definition) is 0. The fraction of sp³-hybridized carbons (Fsp3) is 0.250. The Morgan fingerprint density at radius 1 is 1.25 bits per heavy atom. The maximum Gasteiger partial charge on any atom is 0.420 e. The molecule has 0 saturated carbocycles. The smallest absolute Gasteiger partial charge is 0.420 e. The van der Waals surface area contributed by atoms with Gasteiger partial charge in [-0.05, 0) is 34.7 Å². The first-order valence-electron chi connectivity index (χ1n) is 3.73. The molecule has 0 unspecified atom stereocenters.